The maximum Gasteiger partial charge on any atom is 0.417 e. The quantitative estimate of drug-likeness (QED) is 0.905. The second-order valence-electron chi connectivity index (χ2n) is 4.94. The minimum absolute atomic E-state index is 0.225. The summed E-state index contributed by atoms with van der Waals surface area (Å²) in [7, 11) is 0. The number of rotatable bonds is 2. The Kier molecular flexibility index (Phi) is 4.08. The first-order valence-corrected chi connectivity index (χ1v) is 6.44. The van der Waals surface area contributed by atoms with Gasteiger partial charge < -0.3 is 5.11 Å². The number of piperidine rings is 1. The molecular formula is C13H15ClF3NO. The number of nitrogens with zero attached hydrogens (tertiary/aromatic N) is 1. The van der Waals surface area contributed by atoms with E-state index < -0.39 is 11.8 Å². The van der Waals surface area contributed by atoms with Gasteiger partial charge in [-0.15, -0.1) is 0 Å². The second-order valence-corrected chi connectivity index (χ2v) is 5.37. The van der Waals surface area contributed by atoms with E-state index in [9.17, 15) is 18.3 Å². The second kappa shape index (κ2) is 5.31. The molecule has 2 rings (SSSR count). The van der Waals surface area contributed by atoms with Crippen LogP contribution in [0.2, 0.25) is 5.02 Å². The van der Waals surface area contributed by atoms with E-state index in [0.29, 0.717) is 11.6 Å². The van der Waals surface area contributed by atoms with Gasteiger partial charge in [0.2, 0.25) is 0 Å². The van der Waals surface area contributed by atoms with Gasteiger partial charge in [0.15, 0.2) is 5.60 Å². The van der Waals surface area contributed by atoms with Crippen molar-refractivity contribution in [3.63, 3.8) is 0 Å². The normalized spacial score (nSPS) is 20.5. The Balaban J connectivity index is 1.94. The molecule has 0 spiro atoms. The highest BCUT2D eigenvalue weighted by atomic mass is 35.5. The highest BCUT2D eigenvalue weighted by molar-refractivity contribution is 6.30. The molecule has 1 fully saturated rings. The monoisotopic (exact) mass is 293 g/mol. The van der Waals surface area contributed by atoms with Crippen molar-refractivity contribution in [2.75, 3.05) is 13.1 Å². The number of halogens is 4. The van der Waals surface area contributed by atoms with Crippen LogP contribution in [0.15, 0.2) is 24.3 Å². The van der Waals surface area contributed by atoms with E-state index in [1.165, 1.54) is 0 Å². The smallest absolute Gasteiger partial charge is 0.380 e. The maximum atomic E-state index is 12.6. The average molecular weight is 294 g/mol. The molecule has 0 aliphatic carbocycles. The van der Waals surface area contributed by atoms with Crippen molar-refractivity contribution in [1.29, 1.82) is 0 Å². The van der Waals surface area contributed by atoms with E-state index in [-0.39, 0.29) is 25.9 Å². The highest BCUT2D eigenvalue weighted by Crippen LogP contribution is 2.38. The summed E-state index contributed by atoms with van der Waals surface area (Å²) in [6.07, 6.45) is -5.11. The first-order chi connectivity index (χ1) is 8.80. The first kappa shape index (κ1) is 14.6. The van der Waals surface area contributed by atoms with Crippen LogP contribution in [0.1, 0.15) is 18.4 Å². The van der Waals surface area contributed by atoms with Crippen LogP contribution in [0.5, 0.6) is 0 Å². The molecule has 1 aromatic rings. The number of aliphatic hydroxyl groups is 1. The van der Waals surface area contributed by atoms with Crippen molar-refractivity contribution in [1.82, 2.24) is 4.90 Å². The first-order valence-electron chi connectivity index (χ1n) is 6.06. The summed E-state index contributed by atoms with van der Waals surface area (Å²) in [4.78, 5) is 1.89. The average Bonchev–Trinajstić information content (AvgIpc) is 2.31. The van der Waals surface area contributed by atoms with Crippen molar-refractivity contribution in [3.8, 4) is 0 Å². The minimum atomic E-state index is -4.55. The van der Waals surface area contributed by atoms with Gasteiger partial charge in [-0.05, 0) is 30.5 Å². The summed E-state index contributed by atoms with van der Waals surface area (Å²) in [5, 5.41) is 10.2. The van der Waals surface area contributed by atoms with Gasteiger partial charge in [-0.3, -0.25) is 4.90 Å². The van der Waals surface area contributed by atoms with Gasteiger partial charge in [0.1, 0.15) is 0 Å². The highest BCUT2D eigenvalue weighted by Gasteiger charge is 2.54. The number of hydrogen-bond donors (Lipinski definition) is 1. The van der Waals surface area contributed by atoms with Crippen molar-refractivity contribution in [2.24, 2.45) is 0 Å². The zero-order chi connectivity index (χ0) is 14.1. The Labute approximate surface area is 114 Å². The molecule has 106 valence electrons. The SMILES string of the molecule is OC1(C(F)(F)F)CCN(Cc2cccc(Cl)c2)CC1. The van der Waals surface area contributed by atoms with Crippen LogP contribution >= 0.6 is 11.6 Å². The molecule has 0 bridgehead atoms. The van der Waals surface area contributed by atoms with Gasteiger partial charge in [-0.2, -0.15) is 13.2 Å². The number of alkyl halides is 3. The van der Waals surface area contributed by atoms with Crippen molar-refractivity contribution in [2.45, 2.75) is 31.2 Å². The fraction of sp³-hybridized carbons (Fsp3) is 0.538. The molecule has 6 heteroatoms. The molecule has 0 unspecified atom stereocenters. The van der Waals surface area contributed by atoms with E-state index in [4.69, 9.17) is 11.6 Å². The van der Waals surface area contributed by atoms with Gasteiger partial charge >= 0.3 is 6.18 Å². The molecule has 1 N–H and O–H groups in total. The Morgan fingerprint density at radius 1 is 1.26 bits per heavy atom. The molecular weight excluding hydrogens is 279 g/mol. The van der Waals surface area contributed by atoms with E-state index in [0.717, 1.165) is 5.56 Å². The van der Waals surface area contributed by atoms with E-state index in [1.807, 2.05) is 17.0 Å². The Hall–Kier alpha value is -0.780. The zero-order valence-electron chi connectivity index (χ0n) is 10.3. The van der Waals surface area contributed by atoms with E-state index in [2.05, 4.69) is 0 Å². The summed E-state index contributed by atoms with van der Waals surface area (Å²) in [5.74, 6) is 0. The van der Waals surface area contributed by atoms with Crippen LogP contribution in [0.25, 0.3) is 0 Å². The van der Waals surface area contributed by atoms with Gasteiger partial charge in [0.25, 0.3) is 0 Å². The minimum Gasteiger partial charge on any atom is -0.380 e. The number of benzene rings is 1. The third-order valence-electron chi connectivity index (χ3n) is 3.51. The topological polar surface area (TPSA) is 23.5 Å². The fourth-order valence-corrected chi connectivity index (χ4v) is 2.47. The molecule has 0 atom stereocenters. The molecule has 0 saturated carbocycles. The predicted molar refractivity (Wildman–Crippen MR) is 67.0 cm³/mol. The molecule has 19 heavy (non-hydrogen) atoms. The molecule has 1 saturated heterocycles. The molecule has 0 aromatic heterocycles. The van der Waals surface area contributed by atoms with Gasteiger partial charge in [-0.1, -0.05) is 23.7 Å². The summed E-state index contributed by atoms with van der Waals surface area (Å²) in [5.41, 5.74) is -1.57. The van der Waals surface area contributed by atoms with E-state index in [1.54, 1.807) is 12.1 Å². The van der Waals surface area contributed by atoms with Crippen molar-refractivity contribution >= 4 is 11.6 Å². The molecule has 1 aliphatic rings. The van der Waals surface area contributed by atoms with Crippen LogP contribution < -0.4 is 0 Å². The third kappa shape index (κ3) is 3.41. The molecule has 0 amide bonds. The standard InChI is InChI=1S/C13H15ClF3NO/c14-11-3-1-2-10(8-11)9-18-6-4-12(19,5-7-18)13(15,16)17/h1-3,8,19H,4-7,9H2. The lowest BCUT2D eigenvalue weighted by Gasteiger charge is -2.39. The lowest BCUT2D eigenvalue weighted by Crippen LogP contribution is -2.53. The maximum absolute atomic E-state index is 12.6. The fourth-order valence-electron chi connectivity index (χ4n) is 2.26. The summed E-state index contributed by atoms with van der Waals surface area (Å²) in [6, 6.07) is 7.25. The lowest BCUT2D eigenvalue weighted by atomic mass is 9.90. The van der Waals surface area contributed by atoms with Crippen LogP contribution in [-0.2, 0) is 6.54 Å². The van der Waals surface area contributed by atoms with Gasteiger partial charge in [0, 0.05) is 24.7 Å². The molecule has 0 radical (unpaired) electrons. The van der Waals surface area contributed by atoms with E-state index >= 15 is 0 Å². The Morgan fingerprint density at radius 3 is 2.42 bits per heavy atom. The number of likely N-dealkylation sites (tertiary alicyclic amines) is 1. The summed E-state index contributed by atoms with van der Waals surface area (Å²) < 4.78 is 37.9. The summed E-state index contributed by atoms with van der Waals surface area (Å²) >= 11 is 5.86. The largest absolute Gasteiger partial charge is 0.417 e. The van der Waals surface area contributed by atoms with Crippen molar-refractivity contribution in [3.05, 3.63) is 34.9 Å². The molecule has 1 heterocycles. The molecule has 1 aromatic carbocycles. The van der Waals surface area contributed by atoms with Crippen LogP contribution in [0.4, 0.5) is 13.2 Å². The lowest BCUT2D eigenvalue weighted by molar-refractivity contribution is -0.272. The van der Waals surface area contributed by atoms with Crippen LogP contribution in [0, 0.1) is 0 Å². The Morgan fingerprint density at radius 2 is 1.89 bits per heavy atom. The number of hydrogen-bond acceptors (Lipinski definition) is 2. The summed E-state index contributed by atoms with van der Waals surface area (Å²) in [6.45, 7) is 1.000. The van der Waals surface area contributed by atoms with Crippen LogP contribution in [-0.4, -0.2) is 34.9 Å². The van der Waals surface area contributed by atoms with Gasteiger partial charge in [-0.25, -0.2) is 0 Å². The predicted octanol–water partition coefficient (Wildman–Crippen LogP) is 3.23. The third-order valence-corrected chi connectivity index (χ3v) is 3.74. The zero-order valence-corrected chi connectivity index (χ0v) is 11.0. The Bertz CT molecular complexity index is 442. The van der Waals surface area contributed by atoms with Crippen LogP contribution in [0.3, 0.4) is 0 Å². The molecule has 1 aliphatic heterocycles. The molecule has 2 nitrogen and oxygen atoms in total. The van der Waals surface area contributed by atoms with Gasteiger partial charge in [0.05, 0.1) is 0 Å². The van der Waals surface area contributed by atoms with Crippen molar-refractivity contribution < 1.29 is 18.3 Å².